The molecule has 2 nitrogen and oxygen atoms in total. The first-order valence-corrected chi connectivity index (χ1v) is 6.89. The van der Waals surface area contributed by atoms with Crippen LogP contribution in [0.1, 0.15) is 53.0 Å². The van der Waals surface area contributed by atoms with Crippen LogP contribution in [0.3, 0.4) is 0 Å². The summed E-state index contributed by atoms with van der Waals surface area (Å²) in [6, 6.07) is 6.18. The number of hydrogen-bond acceptors (Lipinski definition) is 2. The highest BCUT2D eigenvalue weighted by atomic mass is 16.5. The molecule has 0 saturated heterocycles. The first kappa shape index (κ1) is 14.9. The molecule has 0 bridgehead atoms. The smallest absolute Gasteiger partial charge is 0.142 e. The third-order valence-corrected chi connectivity index (χ3v) is 3.63. The predicted molar refractivity (Wildman–Crippen MR) is 79.1 cm³/mol. The summed E-state index contributed by atoms with van der Waals surface area (Å²) in [7, 11) is 0. The summed E-state index contributed by atoms with van der Waals surface area (Å²) in [6.45, 7) is 11.8. The number of ether oxygens (including phenoxy) is 1. The van der Waals surface area contributed by atoms with Gasteiger partial charge in [-0.15, -0.1) is 0 Å². The van der Waals surface area contributed by atoms with Crippen molar-refractivity contribution in [3.8, 4) is 5.75 Å². The monoisotopic (exact) mass is 249 g/mol. The number of nitrogen functional groups attached to an aromatic ring is 1. The molecule has 0 unspecified atom stereocenters. The number of anilines is 1. The summed E-state index contributed by atoms with van der Waals surface area (Å²) in [5, 5.41) is 0. The summed E-state index contributed by atoms with van der Waals surface area (Å²) in [5.41, 5.74) is 8.26. The van der Waals surface area contributed by atoms with Gasteiger partial charge in [-0.05, 0) is 41.9 Å². The first-order chi connectivity index (χ1) is 8.36. The molecular formula is C16H27NO. The van der Waals surface area contributed by atoms with Crippen molar-refractivity contribution < 1.29 is 4.74 Å². The van der Waals surface area contributed by atoms with Gasteiger partial charge in [-0.25, -0.2) is 0 Å². The maximum atomic E-state index is 6.06. The second-order valence-corrected chi connectivity index (χ2v) is 6.02. The van der Waals surface area contributed by atoms with Crippen LogP contribution in [0.4, 0.5) is 5.69 Å². The lowest BCUT2D eigenvalue weighted by Gasteiger charge is -2.24. The lowest BCUT2D eigenvalue weighted by molar-refractivity contribution is 0.291. The summed E-state index contributed by atoms with van der Waals surface area (Å²) in [4.78, 5) is 0. The molecule has 102 valence electrons. The fourth-order valence-corrected chi connectivity index (χ4v) is 1.71. The molecule has 0 spiro atoms. The van der Waals surface area contributed by atoms with Crippen LogP contribution in [0.15, 0.2) is 18.2 Å². The molecule has 0 radical (unpaired) electrons. The zero-order chi connectivity index (χ0) is 13.8. The van der Waals surface area contributed by atoms with Crippen molar-refractivity contribution in [3.63, 3.8) is 0 Å². The van der Waals surface area contributed by atoms with E-state index in [2.05, 4.69) is 40.7 Å². The van der Waals surface area contributed by atoms with Gasteiger partial charge in [0.25, 0.3) is 0 Å². The molecule has 0 aliphatic heterocycles. The minimum Gasteiger partial charge on any atom is -0.491 e. The van der Waals surface area contributed by atoms with E-state index in [1.165, 1.54) is 5.56 Å². The van der Waals surface area contributed by atoms with E-state index in [0.29, 0.717) is 5.92 Å². The van der Waals surface area contributed by atoms with E-state index >= 15 is 0 Å². The summed E-state index contributed by atoms with van der Waals surface area (Å²) >= 11 is 0. The molecule has 0 aliphatic rings. The van der Waals surface area contributed by atoms with Crippen molar-refractivity contribution in [2.24, 2.45) is 5.92 Å². The zero-order valence-corrected chi connectivity index (χ0v) is 12.4. The van der Waals surface area contributed by atoms with E-state index in [1.807, 2.05) is 12.1 Å². The highest BCUT2D eigenvalue weighted by Crippen LogP contribution is 2.32. The van der Waals surface area contributed by atoms with Gasteiger partial charge in [0, 0.05) is 0 Å². The van der Waals surface area contributed by atoms with Crippen LogP contribution in [0.5, 0.6) is 5.75 Å². The lowest BCUT2D eigenvalue weighted by Crippen LogP contribution is -2.15. The van der Waals surface area contributed by atoms with E-state index in [0.717, 1.165) is 30.9 Å². The van der Waals surface area contributed by atoms with Gasteiger partial charge in [0.1, 0.15) is 5.75 Å². The van der Waals surface area contributed by atoms with Crippen molar-refractivity contribution in [2.45, 2.75) is 52.9 Å². The zero-order valence-electron chi connectivity index (χ0n) is 12.4. The second-order valence-electron chi connectivity index (χ2n) is 6.02. The van der Waals surface area contributed by atoms with Crippen molar-refractivity contribution in [1.29, 1.82) is 0 Å². The van der Waals surface area contributed by atoms with Crippen molar-refractivity contribution >= 4 is 5.69 Å². The van der Waals surface area contributed by atoms with E-state index < -0.39 is 0 Å². The van der Waals surface area contributed by atoms with Gasteiger partial charge in [0.2, 0.25) is 0 Å². The summed E-state index contributed by atoms with van der Waals surface area (Å²) in [6.07, 6.45) is 2.15. The van der Waals surface area contributed by atoms with Crippen LogP contribution < -0.4 is 10.5 Å². The normalized spacial score (nSPS) is 11.9. The molecule has 0 aromatic heterocycles. The molecule has 0 atom stereocenters. The molecule has 0 saturated carbocycles. The summed E-state index contributed by atoms with van der Waals surface area (Å²) in [5.74, 6) is 1.47. The largest absolute Gasteiger partial charge is 0.491 e. The molecule has 1 aromatic carbocycles. The molecule has 0 heterocycles. The van der Waals surface area contributed by atoms with E-state index in [1.54, 1.807) is 0 Å². The Morgan fingerprint density at radius 1 is 1.28 bits per heavy atom. The van der Waals surface area contributed by atoms with Crippen molar-refractivity contribution in [1.82, 2.24) is 0 Å². The first-order valence-electron chi connectivity index (χ1n) is 6.89. The van der Waals surface area contributed by atoms with E-state index in [9.17, 15) is 0 Å². The third kappa shape index (κ3) is 3.94. The topological polar surface area (TPSA) is 35.2 Å². The summed E-state index contributed by atoms with van der Waals surface area (Å²) < 4.78 is 5.72. The Bertz CT molecular complexity index is 383. The minimum atomic E-state index is 0.171. The van der Waals surface area contributed by atoms with Gasteiger partial charge >= 0.3 is 0 Å². The maximum Gasteiger partial charge on any atom is 0.142 e. The van der Waals surface area contributed by atoms with Gasteiger partial charge in [-0.3, -0.25) is 0 Å². The second kappa shape index (κ2) is 6.12. The standard InChI is InChI=1S/C16H27NO/c1-6-16(4,5)13-7-8-15(14(17)11-13)18-10-9-12(2)3/h7-8,11-12H,6,9-10,17H2,1-5H3. The van der Waals surface area contributed by atoms with Crippen LogP contribution in [0.25, 0.3) is 0 Å². The Balaban J connectivity index is 2.74. The number of nitrogens with two attached hydrogens (primary N) is 1. The molecule has 0 amide bonds. The van der Waals surface area contributed by atoms with Gasteiger partial charge in [0.05, 0.1) is 12.3 Å². The van der Waals surface area contributed by atoms with Gasteiger partial charge in [-0.1, -0.05) is 40.7 Å². The number of hydrogen-bond donors (Lipinski definition) is 1. The molecule has 2 N–H and O–H groups in total. The van der Waals surface area contributed by atoms with E-state index in [-0.39, 0.29) is 5.41 Å². The fourth-order valence-electron chi connectivity index (χ4n) is 1.71. The number of rotatable bonds is 6. The average Bonchev–Trinajstić information content (AvgIpc) is 2.30. The van der Waals surface area contributed by atoms with Crippen LogP contribution >= 0.6 is 0 Å². The van der Waals surface area contributed by atoms with Crippen molar-refractivity contribution in [3.05, 3.63) is 23.8 Å². The van der Waals surface area contributed by atoms with Gasteiger partial charge in [-0.2, -0.15) is 0 Å². The Morgan fingerprint density at radius 2 is 1.94 bits per heavy atom. The number of benzene rings is 1. The minimum absolute atomic E-state index is 0.171. The Kier molecular flexibility index (Phi) is 5.06. The van der Waals surface area contributed by atoms with Crippen molar-refractivity contribution in [2.75, 3.05) is 12.3 Å². The SMILES string of the molecule is CCC(C)(C)c1ccc(OCCC(C)C)c(N)c1. The molecule has 18 heavy (non-hydrogen) atoms. The third-order valence-electron chi connectivity index (χ3n) is 3.63. The lowest BCUT2D eigenvalue weighted by atomic mass is 9.82. The Hall–Kier alpha value is -1.18. The van der Waals surface area contributed by atoms with Crippen LogP contribution in [-0.2, 0) is 5.41 Å². The molecule has 0 aliphatic carbocycles. The molecule has 1 rings (SSSR count). The van der Waals surface area contributed by atoms with Crippen LogP contribution in [0, 0.1) is 5.92 Å². The molecule has 2 heteroatoms. The van der Waals surface area contributed by atoms with Crippen LogP contribution in [0.2, 0.25) is 0 Å². The molecular weight excluding hydrogens is 222 g/mol. The van der Waals surface area contributed by atoms with Gasteiger partial charge < -0.3 is 10.5 Å². The highest BCUT2D eigenvalue weighted by Gasteiger charge is 2.18. The fraction of sp³-hybridized carbons (Fsp3) is 0.625. The van der Waals surface area contributed by atoms with E-state index in [4.69, 9.17) is 10.5 Å². The average molecular weight is 249 g/mol. The van der Waals surface area contributed by atoms with Crippen LogP contribution in [-0.4, -0.2) is 6.61 Å². The Morgan fingerprint density at radius 3 is 2.44 bits per heavy atom. The highest BCUT2D eigenvalue weighted by molar-refractivity contribution is 5.55. The molecule has 1 aromatic rings. The quantitative estimate of drug-likeness (QED) is 0.759. The molecule has 0 fully saturated rings. The Labute approximate surface area is 112 Å². The van der Waals surface area contributed by atoms with Gasteiger partial charge in [0.15, 0.2) is 0 Å². The predicted octanol–water partition coefficient (Wildman–Crippen LogP) is 4.38. The maximum absolute atomic E-state index is 6.06.